The number of rotatable bonds is 2. The summed E-state index contributed by atoms with van der Waals surface area (Å²) in [6, 6.07) is 9.54. The van der Waals surface area contributed by atoms with E-state index >= 15 is 0 Å². The third-order valence-electron chi connectivity index (χ3n) is 3.59. The predicted molar refractivity (Wildman–Crippen MR) is 63.4 cm³/mol. The van der Waals surface area contributed by atoms with Crippen molar-refractivity contribution in [2.45, 2.75) is 25.3 Å². The highest BCUT2D eigenvalue weighted by Crippen LogP contribution is 2.27. The lowest BCUT2D eigenvalue weighted by molar-refractivity contribution is 0.589. The van der Waals surface area contributed by atoms with Gasteiger partial charge in [0.05, 0.1) is 0 Å². The number of anilines is 1. The monoisotopic (exact) mass is 202 g/mol. The van der Waals surface area contributed by atoms with Gasteiger partial charge in [-0.3, -0.25) is 0 Å². The number of nitrogens with zero attached hydrogens (tertiary/aromatic N) is 1. The highest BCUT2D eigenvalue weighted by atomic mass is 15.2. The molecule has 1 atom stereocenters. The Morgan fingerprint density at radius 2 is 2.27 bits per heavy atom. The van der Waals surface area contributed by atoms with Crippen molar-refractivity contribution in [2.75, 3.05) is 24.5 Å². The Kier molecular flexibility index (Phi) is 2.37. The molecule has 0 unspecified atom stereocenters. The molecular formula is C13H18N2. The lowest BCUT2D eigenvalue weighted by atomic mass is 10.2. The van der Waals surface area contributed by atoms with Crippen LogP contribution in [0.4, 0.5) is 5.69 Å². The molecule has 0 radical (unpaired) electrons. The van der Waals surface area contributed by atoms with Crippen LogP contribution in [0.25, 0.3) is 0 Å². The Morgan fingerprint density at radius 3 is 3.13 bits per heavy atom. The van der Waals surface area contributed by atoms with Crippen LogP contribution in [0.1, 0.15) is 18.4 Å². The van der Waals surface area contributed by atoms with E-state index in [4.69, 9.17) is 0 Å². The number of fused-ring (bicyclic) bond motifs is 1. The van der Waals surface area contributed by atoms with Gasteiger partial charge in [-0.15, -0.1) is 0 Å². The van der Waals surface area contributed by atoms with Crippen molar-refractivity contribution in [3.8, 4) is 0 Å². The van der Waals surface area contributed by atoms with Crippen LogP contribution >= 0.6 is 0 Å². The summed E-state index contributed by atoms with van der Waals surface area (Å²) in [5.74, 6) is 0. The first-order valence-corrected chi connectivity index (χ1v) is 6.00. The van der Waals surface area contributed by atoms with Gasteiger partial charge in [-0.25, -0.2) is 0 Å². The molecule has 1 aromatic rings. The Balaban J connectivity index is 1.73. The SMILES string of the molecule is c1ccc2c(c1)CCN2C[C@@H]1CCCN1. The van der Waals surface area contributed by atoms with E-state index in [2.05, 4.69) is 34.5 Å². The third-order valence-corrected chi connectivity index (χ3v) is 3.59. The van der Waals surface area contributed by atoms with E-state index < -0.39 is 0 Å². The summed E-state index contributed by atoms with van der Waals surface area (Å²) < 4.78 is 0. The minimum absolute atomic E-state index is 0.719. The zero-order valence-corrected chi connectivity index (χ0v) is 9.08. The average Bonchev–Trinajstić information content (AvgIpc) is 2.89. The topological polar surface area (TPSA) is 15.3 Å². The van der Waals surface area contributed by atoms with Crippen LogP contribution in [0.3, 0.4) is 0 Å². The molecular weight excluding hydrogens is 184 g/mol. The summed E-state index contributed by atoms with van der Waals surface area (Å²) in [7, 11) is 0. The van der Waals surface area contributed by atoms with Crippen LogP contribution in [0, 0.1) is 0 Å². The van der Waals surface area contributed by atoms with Crippen molar-refractivity contribution in [3.05, 3.63) is 29.8 Å². The molecule has 0 aromatic heterocycles. The summed E-state index contributed by atoms with van der Waals surface area (Å²) in [4.78, 5) is 2.54. The van der Waals surface area contributed by atoms with Gasteiger partial charge in [0, 0.05) is 24.8 Å². The average molecular weight is 202 g/mol. The maximum Gasteiger partial charge on any atom is 0.0400 e. The van der Waals surface area contributed by atoms with E-state index in [0.717, 1.165) is 6.04 Å². The first kappa shape index (κ1) is 9.22. The first-order valence-electron chi connectivity index (χ1n) is 6.00. The molecule has 2 heterocycles. The maximum atomic E-state index is 3.57. The summed E-state index contributed by atoms with van der Waals surface area (Å²) >= 11 is 0. The van der Waals surface area contributed by atoms with Gasteiger partial charge >= 0.3 is 0 Å². The van der Waals surface area contributed by atoms with Gasteiger partial charge in [-0.2, -0.15) is 0 Å². The summed E-state index contributed by atoms with van der Waals surface area (Å²) in [6.45, 7) is 3.61. The number of para-hydroxylation sites is 1. The molecule has 0 amide bonds. The number of benzene rings is 1. The molecule has 0 aliphatic carbocycles. The van der Waals surface area contributed by atoms with Gasteiger partial charge in [0.25, 0.3) is 0 Å². The molecule has 2 nitrogen and oxygen atoms in total. The molecule has 2 aliphatic heterocycles. The molecule has 1 saturated heterocycles. The first-order chi connectivity index (χ1) is 7.43. The standard InChI is InChI=1S/C13H18N2/c1-2-6-13-11(4-1)7-9-15(13)10-12-5-3-8-14-12/h1-2,4,6,12,14H,3,5,7-10H2/t12-/m0/s1. The minimum atomic E-state index is 0.719. The lowest BCUT2D eigenvalue weighted by Gasteiger charge is -2.23. The third kappa shape index (κ3) is 1.74. The summed E-state index contributed by atoms with van der Waals surface area (Å²) in [5.41, 5.74) is 2.99. The van der Waals surface area contributed by atoms with Gasteiger partial charge in [-0.1, -0.05) is 18.2 Å². The van der Waals surface area contributed by atoms with E-state index in [9.17, 15) is 0 Å². The summed E-state index contributed by atoms with van der Waals surface area (Å²) in [6.07, 6.45) is 3.92. The molecule has 2 aliphatic rings. The molecule has 1 aromatic carbocycles. The Hall–Kier alpha value is -1.02. The van der Waals surface area contributed by atoms with Crippen LogP contribution < -0.4 is 10.2 Å². The molecule has 15 heavy (non-hydrogen) atoms. The molecule has 3 rings (SSSR count). The van der Waals surface area contributed by atoms with Gasteiger partial charge in [0.15, 0.2) is 0 Å². The molecule has 0 spiro atoms. The van der Waals surface area contributed by atoms with Crippen LogP contribution in [0.2, 0.25) is 0 Å². The van der Waals surface area contributed by atoms with Crippen LogP contribution in [-0.4, -0.2) is 25.7 Å². The number of hydrogen-bond acceptors (Lipinski definition) is 2. The fourth-order valence-corrected chi connectivity index (χ4v) is 2.77. The van der Waals surface area contributed by atoms with E-state index in [1.54, 1.807) is 0 Å². The second-order valence-electron chi connectivity index (χ2n) is 4.62. The van der Waals surface area contributed by atoms with Crippen molar-refractivity contribution in [2.24, 2.45) is 0 Å². The van der Waals surface area contributed by atoms with Gasteiger partial charge in [0.2, 0.25) is 0 Å². The zero-order valence-electron chi connectivity index (χ0n) is 9.08. The van der Waals surface area contributed by atoms with E-state index in [-0.39, 0.29) is 0 Å². The zero-order chi connectivity index (χ0) is 10.1. The second-order valence-corrected chi connectivity index (χ2v) is 4.62. The van der Waals surface area contributed by atoms with Crippen molar-refractivity contribution < 1.29 is 0 Å². The predicted octanol–water partition coefficient (Wildman–Crippen LogP) is 1.80. The highest BCUT2D eigenvalue weighted by molar-refractivity contribution is 5.57. The molecule has 1 N–H and O–H groups in total. The van der Waals surface area contributed by atoms with Crippen molar-refractivity contribution in [1.82, 2.24) is 5.32 Å². The summed E-state index contributed by atoms with van der Waals surface area (Å²) in [5, 5.41) is 3.57. The van der Waals surface area contributed by atoms with Crippen LogP contribution in [0.5, 0.6) is 0 Å². The maximum absolute atomic E-state index is 3.57. The van der Waals surface area contributed by atoms with Gasteiger partial charge in [0.1, 0.15) is 0 Å². The van der Waals surface area contributed by atoms with Crippen LogP contribution in [0.15, 0.2) is 24.3 Å². The minimum Gasteiger partial charge on any atom is -0.369 e. The largest absolute Gasteiger partial charge is 0.369 e. The van der Waals surface area contributed by atoms with Crippen molar-refractivity contribution in [3.63, 3.8) is 0 Å². The normalized spacial score (nSPS) is 24.5. The Morgan fingerprint density at radius 1 is 1.33 bits per heavy atom. The number of hydrogen-bond donors (Lipinski definition) is 1. The molecule has 80 valence electrons. The molecule has 1 fully saturated rings. The van der Waals surface area contributed by atoms with Gasteiger partial charge < -0.3 is 10.2 Å². The fourth-order valence-electron chi connectivity index (χ4n) is 2.77. The molecule has 2 heteroatoms. The quantitative estimate of drug-likeness (QED) is 0.786. The van der Waals surface area contributed by atoms with Crippen LogP contribution in [-0.2, 0) is 6.42 Å². The lowest BCUT2D eigenvalue weighted by Crippen LogP contribution is -2.36. The van der Waals surface area contributed by atoms with Crippen molar-refractivity contribution in [1.29, 1.82) is 0 Å². The molecule has 0 bridgehead atoms. The van der Waals surface area contributed by atoms with Gasteiger partial charge in [-0.05, 0) is 37.4 Å². The smallest absolute Gasteiger partial charge is 0.0400 e. The highest BCUT2D eigenvalue weighted by Gasteiger charge is 2.22. The Bertz CT molecular complexity index is 342. The van der Waals surface area contributed by atoms with Crippen molar-refractivity contribution >= 4 is 5.69 Å². The number of nitrogens with one attached hydrogen (secondary N) is 1. The second kappa shape index (κ2) is 3.86. The molecule has 0 saturated carbocycles. The fraction of sp³-hybridized carbons (Fsp3) is 0.538. The van der Waals surface area contributed by atoms with E-state index in [1.807, 2.05) is 0 Å². The Labute approximate surface area is 91.3 Å². The van der Waals surface area contributed by atoms with E-state index in [1.165, 1.54) is 50.1 Å². The van der Waals surface area contributed by atoms with E-state index in [0.29, 0.717) is 0 Å².